The Balaban J connectivity index is 1.63. The van der Waals surface area contributed by atoms with Gasteiger partial charge >= 0.3 is 0 Å². The Bertz CT molecular complexity index is 1320. The predicted octanol–water partition coefficient (Wildman–Crippen LogP) is 3.54. The number of hydrogen-bond donors (Lipinski definition) is 5. The molecule has 9 heteroatoms. The van der Waals surface area contributed by atoms with Crippen LogP contribution in [0.25, 0.3) is 10.9 Å². The zero-order chi connectivity index (χ0) is 23.4. The Hall–Kier alpha value is -4.50. The van der Waals surface area contributed by atoms with Gasteiger partial charge in [-0.3, -0.25) is 19.6 Å². The molecule has 8 nitrogen and oxygen atoms in total. The lowest BCUT2D eigenvalue weighted by Gasteiger charge is -2.18. The lowest BCUT2D eigenvalue weighted by Crippen LogP contribution is -2.37. The molecule has 0 fully saturated rings. The summed E-state index contributed by atoms with van der Waals surface area (Å²) in [5, 5.41) is 14.9. The van der Waals surface area contributed by atoms with Gasteiger partial charge < -0.3 is 15.6 Å². The Morgan fingerprint density at radius 2 is 1.48 bits per heavy atom. The molecule has 4 rings (SSSR count). The summed E-state index contributed by atoms with van der Waals surface area (Å²) in [6.45, 7) is 0. The van der Waals surface area contributed by atoms with E-state index in [1.807, 2.05) is 24.3 Å². The largest absolute Gasteiger partial charge is 0.361 e. The predicted molar refractivity (Wildman–Crippen MR) is 119 cm³/mol. The fraction of sp³-hybridized carbons (Fsp3) is 0.0417. The lowest BCUT2D eigenvalue weighted by molar-refractivity contribution is -0.118. The standard InChI is InChI=1S/C24H19FN4O4/c25-16-9-11-17(12-10-16)27-24(32)21(19-13-26-20-4-2-1-3-18(19)20)28-22(30)14-5-7-15(8-6-14)23(31)29-33/h1-13,21,26,33H,(H,27,32)(H,28,30)(H,29,31)/t21-/m0/s1. The first-order valence-corrected chi connectivity index (χ1v) is 9.94. The molecule has 3 aromatic carbocycles. The number of hydrogen-bond acceptors (Lipinski definition) is 4. The molecule has 3 amide bonds. The summed E-state index contributed by atoms with van der Waals surface area (Å²) in [4.78, 5) is 40.7. The number of nitrogens with one attached hydrogen (secondary N) is 4. The van der Waals surface area contributed by atoms with Crippen LogP contribution in [0.15, 0.2) is 79.0 Å². The van der Waals surface area contributed by atoms with E-state index in [0.29, 0.717) is 11.3 Å². The molecule has 0 aliphatic heterocycles. The molecule has 0 aliphatic carbocycles. The number of hydroxylamine groups is 1. The minimum atomic E-state index is -1.07. The fourth-order valence-electron chi connectivity index (χ4n) is 3.42. The third kappa shape index (κ3) is 4.73. The van der Waals surface area contributed by atoms with Gasteiger partial charge in [0.15, 0.2) is 0 Å². The van der Waals surface area contributed by atoms with Crippen LogP contribution >= 0.6 is 0 Å². The summed E-state index contributed by atoms with van der Waals surface area (Å²) in [6.07, 6.45) is 1.65. The smallest absolute Gasteiger partial charge is 0.274 e. The van der Waals surface area contributed by atoms with Gasteiger partial charge in [-0.25, -0.2) is 9.87 Å². The fourth-order valence-corrected chi connectivity index (χ4v) is 3.42. The van der Waals surface area contributed by atoms with Crippen molar-refractivity contribution in [2.45, 2.75) is 6.04 Å². The minimum absolute atomic E-state index is 0.163. The van der Waals surface area contributed by atoms with E-state index < -0.39 is 29.6 Å². The van der Waals surface area contributed by atoms with Crippen LogP contribution in [0.4, 0.5) is 10.1 Å². The summed E-state index contributed by atoms with van der Waals surface area (Å²) < 4.78 is 13.2. The summed E-state index contributed by atoms with van der Waals surface area (Å²) in [5.74, 6) is -2.21. The Labute approximate surface area is 187 Å². The van der Waals surface area contributed by atoms with Crippen LogP contribution in [0.5, 0.6) is 0 Å². The molecule has 0 radical (unpaired) electrons. The van der Waals surface area contributed by atoms with Gasteiger partial charge in [-0.1, -0.05) is 18.2 Å². The molecule has 0 spiro atoms. The molecule has 1 aromatic heterocycles. The number of anilines is 1. The maximum Gasteiger partial charge on any atom is 0.274 e. The van der Waals surface area contributed by atoms with Crippen LogP contribution in [0.3, 0.4) is 0 Å². The molecule has 1 heterocycles. The molecule has 166 valence electrons. The van der Waals surface area contributed by atoms with Crippen molar-refractivity contribution >= 4 is 34.3 Å². The maximum absolute atomic E-state index is 13.2. The van der Waals surface area contributed by atoms with Gasteiger partial charge in [0, 0.05) is 39.5 Å². The Kier molecular flexibility index (Phi) is 6.14. The van der Waals surface area contributed by atoms with E-state index in [0.717, 1.165) is 10.9 Å². The van der Waals surface area contributed by atoms with Crippen molar-refractivity contribution in [3.63, 3.8) is 0 Å². The lowest BCUT2D eigenvalue weighted by atomic mass is 10.0. The summed E-state index contributed by atoms with van der Waals surface area (Å²) in [5.41, 5.74) is 3.61. The van der Waals surface area contributed by atoms with Crippen molar-refractivity contribution in [1.82, 2.24) is 15.8 Å². The molecule has 5 N–H and O–H groups in total. The first kappa shape index (κ1) is 21.7. The van der Waals surface area contributed by atoms with Crippen LogP contribution in [-0.2, 0) is 4.79 Å². The van der Waals surface area contributed by atoms with E-state index in [9.17, 15) is 18.8 Å². The van der Waals surface area contributed by atoms with Crippen molar-refractivity contribution in [3.05, 3.63) is 102 Å². The van der Waals surface area contributed by atoms with Crippen molar-refractivity contribution in [1.29, 1.82) is 0 Å². The third-order valence-corrected chi connectivity index (χ3v) is 5.09. The van der Waals surface area contributed by atoms with Crippen molar-refractivity contribution in [2.75, 3.05) is 5.32 Å². The highest BCUT2D eigenvalue weighted by molar-refractivity contribution is 6.04. The zero-order valence-electron chi connectivity index (χ0n) is 17.1. The third-order valence-electron chi connectivity index (χ3n) is 5.09. The van der Waals surface area contributed by atoms with Crippen LogP contribution in [0.1, 0.15) is 32.3 Å². The number of amides is 3. The SMILES string of the molecule is O=C(NO)c1ccc(C(=O)N[C@H](C(=O)Nc2ccc(F)cc2)c2c[nH]c3ccccc23)cc1. The highest BCUT2D eigenvalue weighted by atomic mass is 19.1. The van der Waals surface area contributed by atoms with E-state index >= 15 is 0 Å². The number of aromatic amines is 1. The van der Waals surface area contributed by atoms with Gasteiger partial charge in [-0.2, -0.15) is 0 Å². The van der Waals surface area contributed by atoms with E-state index in [-0.39, 0.29) is 11.1 Å². The highest BCUT2D eigenvalue weighted by Gasteiger charge is 2.26. The molecule has 0 bridgehead atoms. The molecule has 0 aliphatic rings. The van der Waals surface area contributed by atoms with Gasteiger partial charge in [-0.15, -0.1) is 0 Å². The number of H-pyrrole nitrogens is 1. The number of aromatic nitrogens is 1. The van der Waals surface area contributed by atoms with Crippen molar-refractivity contribution < 1.29 is 24.0 Å². The maximum atomic E-state index is 13.2. The number of carbonyl (C=O) groups excluding carboxylic acids is 3. The summed E-state index contributed by atoms with van der Waals surface area (Å²) >= 11 is 0. The Morgan fingerprint density at radius 3 is 2.15 bits per heavy atom. The number of benzene rings is 3. The van der Waals surface area contributed by atoms with Gasteiger partial charge in [0.2, 0.25) is 0 Å². The quantitative estimate of drug-likeness (QED) is 0.230. The van der Waals surface area contributed by atoms with E-state index in [2.05, 4.69) is 15.6 Å². The van der Waals surface area contributed by atoms with Gasteiger partial charge in [0.1, 0.15) is 11.9 Å². The number of carbonyl (C=O) groups is 3. The normalized spacial score (nSPS) is 11.6. The average molecular weight is 446 g/mol. The van der Waals surface area contributed by atoms with E-state index in [4.69, 9.17) is 5.21 Å². The van der Waals surface area contributed by atoms with Gasteiger partial charge in [0.05, 0.1) is 0 Å². The molecule has 0 saturated heterocycles. The second-order valence-corrected chi connectivity index (χ2v) is 7.21. The Morgan fingerprint density at radius 1 is 0.848 bits per heavy atom. The average Bonchev–Trinajstić information content (AvgIpc) is 3.27. The molecular formula is C24H19FN4O4. The highest BCUT2D eigenvalue weighted by Crippen LogP contribution is 2.26. The number of halogens is 1. The van der Waals surface area contributed by atoms with Crippen LogP contribution in [0, 0.1) is 5.82 Å². The van der Waals surface area contributed by atoms with E-state index in [1.165, 1.54) is 54.0 Å². The minimum Gasteiger partial charge on any atom is -0.361 e. The molecule has 0 saturated carbocycles. The topological polar surface area (TPSA) is 123 Å². The second kappa shape index (κ2) is 9.33. The summed E-state index contributed by atoms with van der Waals surface area (Å²) in [6, 6.07) is 17.1. The molecule has 0 unspecified atom stereocenters. The molecule has 4 aromatic rings. The first-order chi connectivity index (χ1) is 16.0. The summed E-state index contributed by atoms with van der Waals surface area (Å²) in [7, 11) is 0. The van der Waals surface area contributed by atoms with Crippen molar-refractivity contribution in [2.24, 2.45) is 0 Å². The van der Waals surface area contributed by atoms with Crippen LogP contribution < -0.4 is 16.1 Å². The monoisotopic (exact) mass is 446 g/mol. The molecule has 33 heavy (non-hydrogen) atoms. The zero-order valence-corrected chi connectivity index (χ0v) is 17.1. The van der Waals surface area contributed by atoms with Crippen LogP contribution in [-0.4, -0.2) is 27.9 Å². The molecule has 1 atom stereocenters. The van der Waals surface area contributed by atoms with Gasteiger partial charge in [-0.05, 0) is 54.6 Å². The van der Waals surface area contributed by atoms with Gasteiger partial charge in [0.25, 0.3) is 17.7 Å². The van der Waals surface area contributed by atoms with Crippen molar-refractivity contribution in [3.8, 4) is 0 Å². The number of rotatable bonds is 6. The molecular weight excluding hydrogens is 427 g/mol. The number of fused-ring (bicyclic) bond motifs is 1. The number of para-hydroxylation sites is 1. The second-order valence-electron chi connectivity index (χ2n) is 7.21. The first-order valence-electron chi connectivity index (χ1n) is 9.94. The van der Waals surface area contributed by atoms with Crippen LogP contribution in [0.2, 0.25) is 0 Å². The van der Waals surface area contributed by atoms with E-state index in [1.54, 1.807) is 6.20 Å².